The topological polar surface area (TPSA) is 117 Å². The molecule has 0 spiro atoms. The van der Waals surface area contributed by atoms with E-state index in [2.05, 4.69) is 20.3 Å². The van der Waals surface area contributed by atoms with Gasteiger partial charge in [0.25, 0.3) is 10.0 Å². The molecule has 2 aromatic carbocycles. The Kier molecular flexibility index (Phi) is 7.26. The Labute approximate surface area is 201 Å². The minimum Gasteiger partial charge on any atom is -0.341 e. The average molecular weight is 507 g/mol. The first kappa shape index (κ1) is 24.5. The van der Waals surface area contributed by atoms with Crippen molar-refractivity contribution in [1.82, 2.24) is 10.3 Å². The Balaban J connectivity index is 2.03. The molecule has 1 aromatic heterocycles. The highest BCUT2D eigenvalue weighted by molar-refractivity contribution is 7.92. The van der Waals surface area contributed by atoms with Crippen molar-refractivity contribution in [2.75, 3.05) is 17.1 Å². The van der Waals surface area contributed by atoms with Gasteiger partial charge in [-0.05, 0) is 55.3 Å². The van der Waals surface area contributed by atoms with E-state index >= 15 is 0 Å². The molecule has 0 atom stereocenters. The van der Waals surface area contributed by atoms with Gasteiger partial charge in [-0.1, -0.05) is 35.3 Å². The second kappa shape index (κ2) is 9.78. The van der Waals surface area contributed by atoms with Crippen LogP contribution in [-0.4, -0.2) is 32.3 Å². The van der Waals surface area contributed by atoms with E-state index in [1.165, 1.54) is 49.6 Å². The number of hydrogen-bond acceptors (Lipinski definition) is 5. The molecular formula is C22H20Cl2N4O4S. The van der Waals surface area contributed by atoms with E-state index in [1.807, 2.05) is 6.92 Å². The maximum Gasteiger partial charge on any atom is 0.319 e. The maximum atomic E-state index is 13.3. The van der Waals surface area contributed by atoms with E-state index in [-0.39, 0.29) is 37.6 Å². The molecule has 0 bridgehead atoms. The SMILES string of the molecule is CNC(=O)Nc1cccc(C(=O)c2ncc(Cl)cc2NS(=O)(=O)c2ccc(C)c(C)c2)c1Cl. The number of pyridine rings is 1. The molecule has 0 saturated carbocycles. The Hall–Kier alpha value is -3.14. The smallest absolute Gasteiger partial charge is 0.319 e. The molecule has 33 heavy (non-hydrogen) atoms. The zero-order chi connectivity index (χ0) is 24.3. The van der Waals surface area contributed by atoms with Gasteiger partial charge in [0, 0.05) is 18.8 Å². The third kappa shape index (κ3) is 5.44. The van der Waals surface area contributed by atoms with E-state index in [4.69, 9.17) is 23.2 Å². The van der Waals surface area contributed by atoms with Crippen LogP contribution in [-0.2, 0) is 10.0 Å². The van der Waals surface area contributed by atoms with Crippen LogP contribution in [0.5, 0.6) is 0 Å². The number of nitrogens with zero attached hydrogens (tertiary/aromatic N) is 1. The predicted molar refractivity (Wildman–Crippen MR) is 129 cm³/mol. The number of carbonyl (C=O) groups is 2. The Bertz CT molecular complexity index is 1360. The number of ketones is 1. The number of urea groups is 1. The number of aryl methyl sites for hydroxylation is 2. The summed E-state index contributed by atoms with van der Waals surface area (Å²) in [5.74, 6) is -0.657. The number of nitrogens with one attached hydrogen (secondary N) is 3. The van der Waals surface area contributed by atoms with Crippen molar-refractivity contribution in [1.29, 1.82) is 0 Å². The molecule has 3 rings (SSSR count). The van der Waals surface area contributed by atoms with Gasteiger partial charge in [-0.15, -0.1) is 0 Å². The molecule has 0 aliphatic heterocycles. The second-order valence-electron chi connectivity index (χ2n) is 7.10. The summed E-state index contributed by atoms with van der Waals surface area (Å²) in [6.45, 7) is 3.67. The molecule has 0 radical (unpaired) electrons. The number of carbonyl (C=O) groups excluding carboxylic acids is 2. The molecule has 1 heterocycles. The van der Waals surface area contributed by atoms with Gasteiger partial charge in [0.05, 0.1) is 26.3 Å². The maximum absolute atomic E-state index is 13.3. The number of sulfonamides is 1. The van der Waals surface area contributed by atoms with Crippen LogP contribution in [0, 0.1) is 13.8 Å². The number of rotatable bonds is 6. The van der Waals surface area contributed by atoms with Crippen molar-refractivity contribution in [3.8, 4) is 0 Å². The highest BCUT2D eigenvalue weighted by Crippen LogP contribution is 2.31. The van der Waals surface area contributed by atoms with Gasteiger partial charge in [-0.25, -0.2) is 18.2 Å². The van der Waals surface area contributed by atoms with E-state index in [1.54, 1.807) is 13.0 Å². The summed E-state index contributed by atoms with van der Waals surface area (Å²) < 4.78 is 28.4. The van der Waals surface area contributed by atoms with E-state index in [0.717, 1.165) is 11.1 Å². The number of amides is 2. The van der Waals surface area contributed by atoms with E-state index in [0.29, 0.717) is 0 Å². The van der Waals surface area contributed by atoms with Crippen LogP contribution in [0.4, 0.5) is 16.2 Å². The summed E-state index contributed by atoms with van der Waals surface area (Å²) in [5.41, 5.74) is 1.65. The van der Waals surface area contributed by atoms with Gasteiger partial charge in [0.15, 0.2) is 0 Å². The summed E-state index contributed by atoms with van der Waals surface area (Å²) >= 11 is 12.4. The largest absolute Gasteiger partial charge is 0.341 e. The second-order valence-corrected chi connectivity index (χ2v) is 9.60. The Morgan fingerprint density at radius 3 is 2.36 bits per heavy atom. The first-order valence-electron chi connectivity index (χ1n) is 9.61. The van der Waals surface area contributed by atoms with Crippen molar-refractivity contribution < 1.29 is 18.0 Å². The van der Waals surface area contributed by atoms with Crippen molar-refractivity contribution >= 4 is 56.4 Å². The molecule has 11 heteroatoms. The van der Waals surface area contributed by atoms with Gasteiger partial charge in [0.1, 0.15) is 5.69 Å². The van der Waals surface area contributed by atoms with Crippen LogP contribution in [0.25, 0.3) is 0 Å². The summed E-state index contributed by atoms with van der Waals surface area (Å²) in [6, 6.07) is 9.95. The minimum absolute atomic E-state index is 0.0204. The van der Waals surface area contributed by atoms with Crippen LogP contribution >= 0.6 is 23.2 Å². The third-order valence-corrected chi connectivity index (χ3v) is 6.80. The molecule has 0 aliphatic rings. The van der Waals surface area contributed by atoms with Crippen LogP contribution < -0.4 is 15.4 Å². The van der Waals surface area contributed by atoms with Crippen LogP contribution in [0.15, 0.2) is 53.6 Å². The Morgan fingerprint density at radius 1 is 0.970 bits per heavy atom. The summed E-state index contributed by atoms with van der Waals surface area (Å²) in [7, 11) is -2.61. The first-order chi connectivity index (χ1) is 15.5. The average Bonchev–Trinajstić information content (AvgIpc) is 2.76. The molecule has 0 unspecified atom stereocenters. The molecule has 2 amide bonds. The lowest BCUT2D eigenvalue weighted by molar-refractivity contribution is 0.103. The fraction of sp³-hybridized carbons (Fsp3) is 0.136. The summed E-state index contributed by atoms with van der Waals surface area (Å²) in [5, 5.41) is 5.01. The first-order valence-corrected chi connectivity index (χ1v) is 11.8. The number of hydrogen-bond donors (Lipinski definition) is 3. The Morgan fingerprint density at radius 2 is 1.70 bits per heavy atom. The van der Waals surface area contributed by atoms with Gasteiger partial charge < -0.3 is 10.6 Å². The fourth-order valence-electron chi connectivity index (χ4n) is 2.90. The van der Waals surface area contributed by atoms with Gasteiger partial charge in [0.2, 0.25) is 5.78 Å². The number of aromatic nitrogens is 1. The van der Waals surface area contributed by atoms with Gasteiger partial charge in [-0.3, -0.25) is 9.52 Å². The van der Waals surface area contributed by atoms with Crippen LogP contribution in [0.1, 0.15) is 27.2 Å². The molecule has 172 valence electrons. The molecule has 3 N–H and O–H groups in total. The van der Waals surface area contributed by atoms with E-state index < -0.39 is 21.8 Å². The highest BCUT2D eigenvalue weighted by atomic mass is 35.5. The van der Waals surface area contributed by atoms with Crippen molar-refractivity contribution in [3.05, 3.63) is 81.1 Å². The monoisotopic (exact) mass is 506 g/mol. The lowest BCUT2D eigenvalue weighted by atomic mass is 10.1. The standard InChI is InChI=1S/C22H20Cl2N4O4S/c1-12-7-8-15(9-13(12)2)33(31,32)28-18-10-14(23)11-26-20(18)21(29)16-5-4-6-17(19(16)24)27-22(30)25-3/h4-11,28H,1-3H3,(H2,25,27,30). The molecule has 0 saturated heterocycles. The summed E-state index contributed by atoms with van der Waals surface area (Å²) in [6.07, 6.45) is 1.23. The predicted octanol–water partition coefficient (Wildman–Crippen LogP) is 4.79. The lowest BCUT2D eigenvalue weighted by Crippen LogP contribution is -2.24. The zero-order valence-corrected chi connectivity index (χ0v) is 20.2. The number of halogens is 2. The number of benzene rings is 2. The third-order valence-electron chi connectivity index (χ3n) is 4.82. The molecule has 8 nitrogen and oxygen atoms in total. The van der Waals surface area contributed by atoms with Crippen molar-refractivity contribution in [2.45, 2.75) is 18.7 Å². The zero-order valence-electron chi connectivity index (χ0n) is 17.9. The van der Waals surface area contributed by atoms with Crippen LogP contribution in [0.2, 0.25) is 10.0 Å². The van der Waals surface area contributed by atoms with Crippen molar-refractivity contribution in [2.24, 2.45) is 0 Å². The molecule has 0 fully saturated rings. The molecular weight excluding hydrogens is 487 g/mol. The highest BCUT2D eigenvalue weighted by Gasteiger charge is 2.24. The van der Waals surface area contributed by atoms with Crippen molar-refractivity contribution in [3.63, 3.8) is 0 Å². The normalized spacial score (nSPS) is 11.1. The minimum atomic E-state index is -4.04. The van der Waals surface area contributed by atoms with Gasteiger partial charge >= 0.3 is 6.03 Å². The number of anilines is 2. The van der Waals surface area contributed by atoms with Crippen LogP contribution in [0.3, 0.4) is 0 Å². The fourth-order valence-corrected chi connectivity index (χ4v) is 4.46. The molecule has 3 aromatic rings. The molecule has 0 aliphatic carbocycles. The quantitative estimate of drug-likeness (QED) is 0.415. The lowest BCUT2D eigenvalue weighted by Gasteiger charge is -2.14. The summed E-state index contributed by atoms with van der Waals surface area (Å²) in [4.78, 5) is 29.0. The van der Waals surface area contributed by atoms with Gasteiger partial charge in [-0.2, -0.15) is 0 Å². The van der Waals surface area contributed by atoms with E-state index in [9.17, 15) is 18.0 Å².